The van der Waals surface area contributed by atoms with Gasteiger partial charge in [-0.15, -0.1) is 0 Å². The van der Waals surface area contributed by atoms with Crippen molar-refractivity contribution in [2.45, 2.75) is 19.0 Å². The summed E-state index contributed by atoms with van der Waals surface area (Å²) in [5.74, 6) is -0.728. The average Bonchev–Trinajstić information content (AvgIpc) is 2.59. The van der Waals surface area contributed by atoms with Gasteiger partial charge in [-0.05, 0) is 23.3 Å². The van der Waals surface area contributed by atoms with Crippen LogP contribution >= 0.6 is 0 Å². The first kappa shape index (κ1) is 15.1. The van der Waals surface area contributed by atoms with E-state index in [9.17, 15) is 14.7 Å². The van der Waals surface area contributed by atoms with Crippen molar-refractivity contribution in [1.82, 2.24) is 4.90 Å². The second-order valence-electron chi connectivity index (χ2n) is 5.45. The Bertz CT molecular complexity index is 714. The number of para-hydroxylation sites is 1. The Labute approximate surface area is 134 Å². The summed E-state index contributed by atoms with van der Waals surface area (Å²) in [6, 6.07) is 15.8. The lowest BCUT2D eigenvalue weighted by Gasteiger charge is -2.34. The predicted molar refractivity (Wildman–Crippen MR) is 84.1 cm³/mol. The fourth-order valence-corrected chi connectivity index (χ4v) is 2.75. The maximum absolute atomic E-state index is 12.4. The van der Waals surface area contributed by atoms with E-state index in [1.165, 1.54) is 4.90 Å². The fourth-order valence-electron chi connectivity index (χ4n) is 2.75. The highest BCUT2D eigenvalue weighted by Gasteiger charge is 2.34. The third kappa shape index (κ3) is 3.34. The Morgan fingerprint density at radius 3 is 2.39 bits per heavy atom. The van der Waals surface area contributed by atoms with Crippen LogP contribution in [0.1, 0.15) is 11.1 Å². The highest BCUT2D eigenvalue weighted by molar-refractivity contribution is 5.85. The number of aliphatic carboxylic acids is 1. The number of fused-ring (bicyclic) bond motifs is 1. The largest absolute Gasteiger partial charge is 0.484 e. The molecule has 1 atom stereocenters. The molecule has 0 bridgehead atoms. The standard InChI is InChI=1S/C18H17NO4/c20-17(12-23-15-8-2-1-3-9-15)19-11-14-7-5-4-6-13(14)10-16(19)18(21)22/h1-9,16H,10-12H2,(H,21,22)/t16-/m1/s1. The van der Waals surface area contributed by atoms with Crippen LogP contribution < -0.4 is 4.74 Å². The highest BCUT2D eigenvalue weighted by Crippen LogP contribution is 2.23. The van der Waals surface area contributed by atoms with Crippen LogP contribution in [0.3, 0.4) is 0 Å². The van der Waals surface area contributed by atoms with E-state index in [1.807, 2.05) is 42.5 Å². The van der Waals surface area contributed by atoms with Crippen molar-refractivity contribution in [3.63, 3.8) is 0 Å². The van der Waals surface area contributed by atoms with Gasteiger partial charge in [0, 0.05) is 13.0 Å². The molecule has 0 saturated carbocycles. The molecule has 1 aliphatic rings. The van der Waals surface area contributed by atoms with Crippen LogP contribution in [0.2, 0.25) is 0 Å². The molecule has 2 aromatic rings. The van der Waals surface area contributed by atoms with Gasteiger partial charge < -0.3 is 14.7 Å². The normalized spacial score (nSPS) is 16.5. The summed E-state index contributed by atoms with van der Waals surface area (Å²) in [6.07, 6.45) is 0.322. The molecule has 0 spiro atoms. The van der Waals surface area contributed by atoms with E-state index in [2.05, 4.69) is 0 Å². The van der Waals surface area contributed by atoms with Crippen molar-refractivity contribution in [1.29, 1.82) is 0 Å². The van der Waals surface area contributed by atoms with Crippen molar-refractivity contribution in [2.75, 3.05) is 6.61 Å². The molecular formula is C18H17NO4. The number of carbonyl (C=O) groups excluding carboxylic acids is 1. The van der Waals surface area contributed by atoms with Crippen LogP contribution in [0.25, 0.3) is 0 Å². The molecule has 5 heteroatoms. The first-order valence-electron chi connectivity index (χ1n) is 7.42. The van der Waals surface area contributed by atoms with Crippen LogP contribution in [-0.4, -0.2) is 34.5 Å². The molecule has 2 aromatic carbocycles. The van der Waals surface area contributed by atoms with Crippen LogP contribution in [0.4, 0.5) is 0 Å². The summed E-state index contributed by atoms with van der Waals surface area (Å²) in [4.78, 5) is 25.3. The van der Waals surface area contributed by atoms with Gasteiger partial charge in [0.1, 0.15) is 11.8 Å². The molecule has 1 heterocycles. The number of carboxylic acids is 1. The molecule has 1 amide bonds. The van der Waals surface area contributed by atoms with Crippen LogP contribution in [0.15, 0.2) is 54.6 Å². The summed E-state index contributed by atoms with van der Waals surface area (Å²) in [5.41, 5.74) is 1.96. The molecule has 0 aromatic heterocycles. The number of hydrogen-bond acceptors (Lipinski definition) is 3. The summed E-state index contributed by atoms with van der Waals surface area (Å²) in [6.45, 7) is 0.125. The van der Waals surface area contributed by atoms with Crippen molar-refractivity contribution < 1.29 is 19.4 Å². The second-order valence-corrected chi connectivity index (χ2v) is 5.45. The van der Waals surface area contributed by atoms with E-state index in [4.69, 9.17) is 4.74 Å². The molecule has 5 nitrogen and oxygen atoms in total. The minimum atomic E-state index is -0.993. The maximum Gasteiger partial charge on any atom is 0.326 e. The molecule has 1 aliphatic heterocycles. The average molecular weight is 311 g/mol. The number of carboxylic acid groups (broad SMARTS) is 1. The molecule has 1 N–H and O–H groups in total. The number of benzene rings is 2. The van der Waals surface area contributed by atoms with Gasteiger partial charge in [0.05, 0.1) is 0 Å². The molecule has 23 heavy (non-hydrogen) atoms. The minimum Gasteiger partial charge on any atom is -0.484 e. The molecule has 0 fully saturated rings. The minimum absolute atomic E-state index is 0.171. The zero-order chi connectivity index (χ0) is 16.2. The van der Waals surface area contributed by atoms with Gasteiger partial charge in [-0.25, -0.2) is 4.79 Å². The first-order valence-corrected chi connectivity index (χ1v) is 7.42. The first-order chi connectivity index (χ1) is 11.1. The summed E-state index contributed by atoms with van der Waals surface area (Å²) >= 11 is 0. The summed E-state index contributed by atoms with van der Waals surface area (Å²) in [5, 5.41) is 9.43. The highest BCUT2D eigenvalue weighted by atomic mass is 16.5. The zero-order valence-corrected chi connectivity index (χ0v) is 12.5. The van der Waals surface area contributed by atoms with Gasteiger partial charge in [-0.1, -0.05) is 42.5 Å². The van der Waals surface area contributed by atoms with Gasteiger partial charge in [-0.2, -0.15) is 0 Å². The summed E-state index contributed by atoms with van der Waals surface area (Å²) in [7, 11) is 0. The van der Waals surface area contributed by atoms with E-state index < -0.39 is 12.0 Å². The smallest absolute Gasteiger partial charge is 0.326 e. The molecule has 0 saturated heterocycles. The monoisotopic (exact) mass is 311 g/mol. The van der Waals surface area contributed by atoms with Crippen molar-refractivity contribution in [3.8, 4) is 5.75 Å². The zero-order valence-electron chi connectivity index (χ0n) is 12.5. The SMILES string of the molecule is O=C(O)[C@H]1Cc2ccccc2CN1C(=O)COc1ccccc1. The van der Waals surface area contributed by atoms with Gasteiger partial charge in [-0.3, -0.25) is 4.79 Å². The number of rotatable bonds is 4. The van der Waals surface area contributed by atoms with Crippen molar-refractivity contribution >= 4 is 11.9 Å². The molecule has 118 valence electrons. The lowest BCUT2D eigenvalue weighted by molar-refractivity contribution is -0.152. The third-order valence-corrected chi connectivity index (χ3v) is 3.96. The van der Waals surface area contributed by atoms with E-state index in [0.717, 1.165) is 11.1 Å². The fraction of sp³-hybridized carbons (Fsp3) is 0.222. The predicted octanol–water partition coefficient (Wildman–Crippen LogP) is 2.10. The Morgan fingerprint density at radius 2 is 1.70 bits per heavy atom. The number of ether oxygens (including phenoxy) is 1. The Kier molecular flexibility index (Phi) is 4.28. The van der Waals surface area contributed by atoms with Crippen molar-refractivity contribution in [3.05, 3.63) is 65.7 Å². The van der Waals surface area contributed by atoms with Gasteiger partial charge in [0.25, 0.3) is 5.91 Å². The Hall–Kier alpha value is -2.82. The maximum atomic E-state index is 12.4. The number of hydrogen-bond donors (Lipinski definition) is 1. The van der Waals surface area contributed by atoms with Crippen molar-refractivity contribution in [2.24, 2.45) is 0 Å². The van der Waals surface area contributed by atoms with Gasteiger partial charge >= 0.3 is 5.97 Å². The van der Waals surface area contributed by atoms with E-state index in [1.54, 1.807) is 12.1 Å². The lowest BCUT2D eigenvalue weighted by atomic mass is 9.94. The van der Waals surface area contributed by atoms with Crippen LogP contribution in [0.5, 0.6) is 5.75 Å². The van der Waals surface area contributed by atoms with E-state index in [-0.39, 0.29) is 12.5 Å². The molecule has 0 unspecified atom stereocenters. The van der Waals surface area contributed by atoms with E-state index in [0.29, 0.717) is 18.7 Å². The summed E-state index contributed by atoms with van der Waals surface area (Å²) < 4.78 is 5.45. The topological polar surface area (TPSA) is 66.8 Å². The molecule has 0 radical (unpaired) electrons. The third-order valence-electron chi connectivity index (χ3n) is 3.96. The second kappa shape index (κ2) is 6.52. The lowest BCUT2D eigenvalue weighted by Crippen LogP contribution is -2.50. The molecule has 0 aliphatic carbocycles. The quantitative estimate of drug-likeness (QED) is 0.939. The molecular weight excluding hydrogens is 294 g/mol. The molecule has 3 rings (SSSR count). The van der Waals surface area contributed by atoms with Crippen LogP contribution in [0, 0.1) is 0 Å². The van der Waals surface area contributed by atoms with Gasteiger partial charge in [0.15, 0.2) is 6.61 Å². The number of nitrogens with zero attached hydrogens (tertiary/aromatic N) is 1. The Balaban J connectivity index is 1.74. The Morgan fingerprint density at radius 1 is 1.04 bits per heavy atom. The van der Waals surface area contributed by atoms with Gasteiger partial charge in [0.2, 0.25) is 0 Å². The number of amides is 1. The van der Waals surface area contributed by atoms with Crippen LogP contribution in [-0.2, 0) is 22.6 Å². The van der Waals surface area contributed by atoms with E-state index >= 15 is 0 Å². The number of carbonyl (C=O) groups is 2.